The second-order valence-corrected chi connectivity index (χ2v) is 3.96. The fourth-order valence-electron chi connectivity index (χ4n) is 1.36. The summed E-state index contributed by atoms with van der Waals surface area (Å²) in [5.74, 6) is -0.463. The first kappa shape index (κ1) is 15.9. The van der Waals surface area contributed by atoms with Crippen LogP contribution in [-0.2, 0) is 19.1 Å². The maximum atomic E-state index is 11.2. The van der Waals surface area contributed by atoms with Crippen molar-refractivity contribution in [1.82, 2.24) is 0 Å². The van der Waals surface area contributed by atoms with Gasteiger partial charge in [0.15, 0.2) is 0 Å². The quantitative estimate of drug-likeness (QED) is 0.438. The molecule has 0 atom stereocenters. The lowest BCUT2D eigenvalue weighted by Crippen LogP contribution is -2.13. The molecule has 0 bridgehead atoms. The standard InChI is InChI=1S/C13H24O4/c1-3-5-6-7-8-9-13(15)17-11-10-16-12(14)4-2/h3-11H2,1-2H3. The Morgan fingerprint density at radius 2 is 1.41 bits per heavy atom. The summed E-state index contributed by atoms with van der Waals surface area (Å²) < 4.78 is 9.71. The highest BCUT2D eigenvalue weighted by Gasteiger charge is 2.03. The summed E-state index contributed by atoms with van der Waals surface area (Å²) in [5.41, 5.74) is 0. The molecule has 0 aliphatic rings. The molecular weight excluding hydrogens is 220 g/mol. The minimum absolute atomic E-state index is 0.161. The lowest BCUT2D eigenvalue weighted by atomic mass is 10.1. The number of esters is 2. The van der Waals surface area contributed by atoms with Gasteiger partial charge in [-0.15, -0.1) is 0 Å². The van der Waals surface area contributed by atoms with Gasteiger partial charge in [-0.05, 0) is 6.42 Å². The largest absolute Gasteiger partial charge is 0.462 e. The smallest absolute Gasteiger partial charge is 0.305 e. The van der Waals surface area contributed by atoms with Crippen LogP contribution in [0.1, 0.15) is 58.8 Å². The predicted molar refractivity (Wildman–Crippen MR) is 65.6 cm³/mol. The molecule has 17 heavy (non-hydrogen) atoms. The number of hydrogen-bond donors (Lipinski definition) is 0. The first-order valence-electron chi connectivity index (χ1n) is 6.52. The molecule has 0 aromatic carbocycles. The van der Waals surface area contributed by atoms with E-state index in [4.69, 9.17) is 9.47 Å². The Morgan fingerprint density at radius 3 is 2.00 bits per heavy atom. The number of unbranched alkanes of at least 4 members (excludes halogenated alkanes) is 4. The minimum Gasteiger partial charge on any atom is -0.462 e. The molecule has 0 saturated carbocycles. The molecule has 0 rings (SSSR count). The van der Waals surface area contributed by atoms with Crippen LogP contribution in [0.25, 0.3) is 0 Å². The Bertz CT molecular complexity index is 213. The van der Waals surface area contributed by atoms with Crippen molar-refractivity contribution in [2.75, 3.05) is 13.2 Å². The fourth-order valence-corrected chi connectivity index (χ4v) is 1.36. The zero-order valence-electron chi connectivity index (χ0n) is 11.0. The molecule has 0 amide bonds. The highest BCUT2D eigenvalue weighted by Crippen LogP contribution is 2.05. The molecule has 100 valence electrons. The summed E-state index contributed by atoms with van der Waals surface area (Å²) in [6.45, 7) is 4.21. The van der Waals surface area contributed by atoms with Gasteiger partial charge in [0.25, 0.3) is 0 Å². The Morgan fingerprint density at radius 1 is 0.824 bits per heavy atom. The van der Waals surface area contributed by atoms with Crippen LogP contribution in [0.4, 0.5) is 0 Å². The number of rotatable bonds is 10. The van der Waals surface area contributed by atoms with Crippen molar-refractivity contribution in [2.24, 2.45) is 0 Å². The number of carbonyl (C=O) groups excluding carboxylic acids is 2. The Hall–Kier alpha value is -1.06. The molecule has 0 aliphatic heterocycles. The third kappa shape index (κ3) is 11.2. The molecule has 0 N–H and O–H groups in total. The van der Waals surface area contributed by atoms with Gasteiger partial charge in [-0.1, -0.05) is 39.5 Å². The Kier molecular flexibility index (Phi) is 10.7. The summed E-state index contributed by atoms with van der Waals surface area (Å²) in [7, 11) is 0. The van der Waals surface area contributed by atoms with E-state index >= 15 is 0 Å². The van der Waals surface area contributed by atoms with E-state index in [-0.39, 0.29) is 25.2 Å². The van der Waals surface area contributed by atoms with Gasteiger partial charge in [0.1, 0.15) is 13.2 Å². The van der Waals surface area contributed by atoms with E-state index in [9.17, 15) is 9.59 Å². The number of carbonyl (C=O) groups is 2. The molecule has 0 aliphatic carbocycles. The SMILES string of the molecule is CCCCCCCC(=O)OCCOC(=O)CC. The highest BCUT2D eigenvalue weighted by atomic mass is 16.6. The molecule has 0 fully saturated rings. The molecule has 0 radical (unpaired) electrons. The summed E-state index contributed by atoms with van der Waals surface area (Å²) >= 11 is 0. The van der Waals surface area contributed by atoms with Crippen molar-refractivity contribution < 1.29 is 19.1 Å². The van der Waals surface area contributed by atoms with Gasteiger partial charge >= 0.3 is 11.9 Å². The topological polar surface area (TPSA) is 52.6 Å². The van der Waals surface area contributed by atoms with E-state index in [1.807, 2.05) is 0 Å². The maximum Gasteiger partial charge on any atom is 0.305 e. The molecule has 0 aromatic rings. The summed E-state index contributed by atoms with van der Waals surface area (Å²) in [6.07, 6.45) is 6.38. The summed E-state index contributed by atoms with van der Waals surface area (Å²) in [5, 5.41) is 0. The molecule has 4 heteroatoms. The van der Waals surface area contributed by atoms with Gasteiger partial charge in [-0.25, -0.2) is 0 Å². The third-order valence-corrected chi connectivity index (χ3v) is 2.38. The first-order valence-corrected chi connectivity index (χ1v) is 6.52. The van der Waals surface area contributed by atoms with Crippen LogP contribution >= 0.6 is 0 Å². The van der Waals surface area contributed by atoms with Crippen LogP contribution in [0.3, 0.4) is 0 Å². The summed E-state index contributed by atoms with van der Waals surface area (Å²) in [4.78, 5) is 22.0. The van der Waals surface area contributed by atoms with E-state index in [1.165, 1.54) is 19.3 Å². The predicted octanol–water partition coefficient (Wildman–Crippen LogP) is 2.84. The first-order chi connectivity index (χ1) is 8.20. The lowest BCUT2D eigenvalue weighted by Gasteiger charge is -2.05. The zero-order chi connectivity index (χ0) is 12.9. The monoisotopic (exact) mass is 244 g/mol. The van der Waals surface area contributed by atoms with Gasteiger partial charge in [-0.2, -0.15) is 0 Å². The van der Waals surface area contributed by atoms with Crippen molar-refractivity contribution in [3.8, 4) is 0 Å². The van der Waals surface area contributed by atoms with Gasteiger partial charge in [0.05, 0.1) is 0 Å². The van der Waals surface area contributed by atoms with Crippen molar-refractivity contribution in [3.05, 3.63) is 0 Å². The molecule has 0 aromatic heterocycles. The molecule has 0 unspecified atom stereocenters. The molecular formula is C13H24O4. The van der Waals surface area contributed by atoms with Crippen LogP contribution in [0.5, 0.6) is 0 Å². The van der Waals surface area contributed by atoms with Crippen molar-refractivity contribution in [1.29, 1.82) is 0 Å². The Balaban J connectivity index is 3.26. The van der Waals surface area contributed by atoms with Crippen LogP contribution in [0.15, 0.2) is 0 Å². The number of hydrogen-bond acceptors (Lipinski definition) is 4. The third-order valence-electron chi connectivity index (χ3n) is 2.38. The van der Waals surface area contributed by atoms with Crippen molar-refractivity contribution in [2.45, 2.75) is 58.8 Å². The van der Waals surface area contributed by atoms with Crippen LogP contribution in [0, 0.1) is 0 Å². The van der Waals surface area contributed by atoms with Gasteiger partial charge in [0.2, 0.25) is 0 Å². The number of ether oxygens (including phenoxy) is 2. The highest BCUT2D eigenvalue weighted by molar-refractivity contribution is 5.69. The second kappa shape index (κ2) is 11.4. The molecule has 0 saturated heterocycles. The summed E-state index contributed by atoms with van der Waals surface area (Å²) in [6, 6.07) is 0. The van der Waals surface area contributed by atoms with Gasteiger partial charge in [0, 0.05) is 12.8 Å². The van der Waals surface area contributed by atoms with Gasteiger partial charge < -0.3 is 9.47 Å². The molecule has 0 heterocycles. The lowest BCUT2D eigenvalue weighted by molar-refractivity contribution is -0.152. The van der Waals surface area contributed by atoms with Crippen LogP contribution in [0.2, 0.25) is 0 Å². The normalized spacial score (nSPS) is 10.0. The Labute approximate surface area is 104 Å². The maximum absolute atomic E-state index is 11.2. The average molecular weight is 244 g/mol. The van der Waals surface area contributed by atoms with E-state index in [0.29, 0.717) is 12.8 Å². The van der Waals surface area contributed by atoms with Crippen LogP contribution in [-0.4, -0.2) is 25.2 Å². The fraction of sp³-hybridized carbons (Fsp3) is 0.846. The average Bonchev–Trinajstić information content (AvgIpc) is 2.34. The second-order valence-electron chi connectivity index (χ2n) is 3.96. The van der Waals surface area contributed by atoms with E-state index in [2.05, 4.69) is 6.92 Å². The molecule has 4 nitrogen and oxygen atoms in total. The zero-order valence-corrected chi connectivity index (χ0v) is 11.0. The van der Waals surface area contributed by atoms with Gasteiger partial charge in [-0.3, -0.25) is 9.59 Å². The van der Waals surface area contributed by atoms with Crippen molar-refractivity contribution >= 4 is 11.9 Å². The van der Waals surface area contributed by atoms with E-state index in [0.717, 1.165) is 12.8 Å². The van der Waals surface area contributed by atoms with Crippen LogP contribution < -0.4 is 0 Å². The van der Waals surface area contributed by atoms with Crippen molar-refractivity contribution in [3.63, 3.8) is 0 Å². The van der Waals surface area contributed by atoms with E-state index in [1.54, 1.807) is 6.92 Å². The van der Waals surface area contributed by atoms with E-state index < -0.39 is 0 Å². The minimum atomic E-state index is -0.263. The molecule has 0 spiro atoms.